The van der Waals surface area contributed by atoms with E-state index >= 15 is 0 Å². The van der Waals surface area contributed by atoms with Crippen LogP contribution < -0.4 is 11.1 Å². The van der Waals surface area contributed by atoms with Crippen LogP contribution in [0.25, 0.3) is 5.70 Å². The molecule has 0 saturated heterocycles. The molecular formula is C16H25N3O5. The van der Waals surface area contributed by atoms with Crippen LogP contribution in [0, 0.1) is 6.92 Å². The normalized spacial score (nSPS) is 13.3. The van der Waals surface area contributed by atoms with Crippen molar-refractivity contribution in [3.05, 3.63) is 23.4 Å². The fraction of sp³-hybridized carbons (Fsp3) is 0.562. The Hall–Kier alpha value is -2.51. The van der Waals surface area contributed by atoms with Crippen molar-refractivity contribution in [2.45, 2.75) is 53.2 Å². The number of esters is 1. The molecule has 0 fully saturated rings. The maximum absolute atomic E-state index is 11.8. The van der Waals surface area contributed by atoms with E-state index in [0.29, 0.717) is 11.5 Å². The molecule has 3 N–H and O–H groups in total. The van der Waals surface area contributed by atoms with Gasteiger partial charge in [-0.05, 0) is 41.5 Å². The summed E-state index contributed by atoms with van der Waals surface area (Å²) >= 11 is 0. The predicted molar refractivity (Wildman–Crippen MR) is 87.8 cm³/mol. The highest BCUT2D eigenvalue weighted by Gasteiger charge is 2.22. The quantitative estimate of drug-likeness (QED) is 0.625. The molecule has 0 spiro atoms. The molecule has 134 valence electrons. The van der Waals surface area contributed by atoms with Crippen molar-refractivity contribution in [1.29, 1.82) is 0 Å². The predicted octanol–water partition coefficient (Wildman–Crippen LogP) is 2.43. The molecule has 1 aromatic rings. The Morgan fingerprint density at radius 1 is 1.42 bits per heavy atom. The van der Waals surface area contributed by atoms with Crippen molar-refractivity contribution in [2.24, 2.45) is 5.73 Å². The van der Waals surface area contributed by atoms with E-state index in [4.69, 9.17) is 19.6 Å². The Labute approximate surface area is 141 Å². The van der Waals surface area contributed by atoms with Crippen LogP contribution in [0.5, 0.6) is 0 Å². The van der Waals surface area contributed by atoms with Crippen LogP contribution in [0.4, 0.5) is 4.79 Å². The second-order valence-corrected chi connectivity index (χ2v) is 6.18. The van der Waals surface area contributed by atoms with Crippen molar-refractivity contribution >= 4 is 17.8 Å². The lowest BCUT2D eigenvalue weighted by Gasteiger charge is -2.21. The number of amides is 1. The second-order valence-electron chi connectivity index (χ2n) is 6.18. The number of nitrogens with one attached hydrogen (secondary N) is 1. The summed E-state index contributed by atoms with van der Waals surface area (Å²) in [7, 11) is 0. The molecule has 8 nitrogen and oxygen atoms in total. The van der Waals surface area contributed by atoms with Crippen molar-refractivity contribution < 1.29 is 23.5 Å². The third kappa shape index (κ3) is 5.94. The first-order valence-electron chi connectivity index (χ1n) is 7.64. The minimum absolute atomic E-state index is 0.130. The Kier molecular flexibility index (Phi) is 6.39. The molecule has 0 saturated carbocycles. The summed E-state index contributed by atoms with van der Waals surface area (Å²) in [5.74, 6) is 0.133. The zero-order valence-electron chi connectivity index (χ0n) is 14.9. The molecule has 8 heteroatoms. The molecule has 0 aliphatic carbocycles. The van der Waals surface area contributed by atoms with E-state index in [1.807, 2.05) is 0 Å². The number of aromatic nitrogens is 1. The molecule has 0 bridgehead atoms. The lowest BCUT2D eigenvalue weighted by Crippen LogP contribution is -2.34. The van der Waals surface area contributed by atoms with E-state index in [1.54, 1.807) is 41.5 Å². The van der Waals surface area contributed by atoms with Crippen LogP contribution >= 0.6 is 0 Å². The van der Waals surface area contributed by atoms with Gasteiger partial charge in [0.05, 0.1) is 12.3 Å². The largest absolute Gasteiger partial charge is 0.463 e. The molecular weight excluding hydrogens is 314 g/mol. The van der Waals surface area contributed by atoms with E-state index in [1.165, 1.54) is 0 Å². The summed E-state index contributed by atoms with van der Waals surface area (Å²) in [5, 5.41) is 2.62. The highest BCUT2D eigenvalue weighted by Crippen LogP contribution is 2.20. The molecule has 0 aliphatic heterocycles. The minimum Gasteiger partial charge on any atom is -0.463 e. The van der Waals surface area contributed by atoms with E-state index in [9.17, 15) is 9.59 Å². The Morgan fingerprint density at radius 2 is 2.04 bits per heavy atom. The maximum atomic E-state index is 11.8. The molecule has 1 amide bonds. The average Bonchev–Trinajstić information content (AvgIpc) is 2.78. The smallest absolute Gasteiger partial charge is 0.408 e. The van der Waals surface area contributed by atoms with Gasteiger partial charge in [0, 0.05) is 6.08 Å². The fourth-order valence-corrected chi connectivity index (χ4v) is 1.80. The summed E-state index contributed by atoms with van der Waals surface area (Å²) in [4.78, 5) is 27.5. The molecule has 1 rings (SSSR count). The number of hydrogen-bond donors (Lipinski definition) is 2. The average molecular weight is 339 g/mol. The third-order valence-corrected chi connectivity index (χ3v) is 2.75. The number of oxazole rings is 1. The van der Waals surface area contributed by atoms with Gasteiger partial charge in [-0.15, -0.1) is 0 Å². The number of ether oxygens (including phenoxy) is 2. The van der Waals surface area contributed by atoms with E-state index < -0.39 is 23.7 Å². The maximum Gasteiger partial charge on any atom is 0.408 e. The number of alkyl carbamates (subject to hydrolysis) is 1. The van der Waals surface area contributed by atoms with Crippen molar-refractivity contribution in [3.63, 3.8) is 0 Å². The molecule has 0 aliphatic rings. The van der Waals surface area contributed by atoms with E-state index in [0.717, 1.165) is 6.08 Å². The van der Waals surface area contributed by atoms with Crippen LogP contribution in [0.3, 0.4) is 0 Å². The van der Waals surface area contributed by atoms with Gasteiger partial charge >= 0.3 is 12.1 Å². The third-order valence-electron chi connectivity index (χ3n) is 2.75. The van der Waals surface area contributed by atoms with Gasteiger partial charge in [-0.3, -0.25) is 0 Å². The van der Waals surface area contributed by atoms with E-state index in [-0.39, 0.29) is 18.2 Å². The summed E-state index contributed by atoms with van der Waals surface area (Å²) in [6, 6.07) is -0.525. The minimum atomic E-state index is -0.603. The number of nitrogens with zero attached hydrogens (tertiary/aromatic N) is 1. The lowest BCUT2D eigenvalue weighted by atomic mass is 10.2. The van der Waals surface area contributed by atoms with Gasteiger partial charge in [-0.2, -0.15) is 0 Å². The van der Waals surface area contributed by atoms with Crippen molar-refractivity contribution in [2.75, 3.05) is 6.61 Å². The number of hydrogen-bond acceptors (Lipinski definition) is 7. The van der Waals surface area contributed by atoms with Crippen LogP contribution in [0.2, 0.25) is 0 Å². The van der Waals surface area contributed by atoms with Crippen LogP contribution in [-0.2, 0) is 14.3 Å². The van der Waals surface area contributed by atoms with Crippen LogP contribution in [-0.4, -0.2) is 29.3 Å². The first kappa shape index (κ1) is 19.5. The monoisotopic (exact) mass is 339 g/mol. The molecule has 1 heterocycles. The van der Waals surface area contributed by atoms with Gasteiger partial charge in [0.2, 0.25) is 5.89 Å². The summed E-state index contributed by atoms with van der Waals surface area (Å²) in [6.45, 7) is 10.6. The second kappa shape index (κ2) is 7.85. The number of nitrogens with two attached hydrogens (primary N) is 1. The first-order valence-corrected chi connectivity index (χ1v) is 7.64. The SMILES string of the molecule is CCOC(=O)/C=C(/N)c1nc([C@H](C)NC(=O)OC(C)(C)C)oc1C. The molecule has 1 aromatic heterocycles. The van der Waals surface area contributed by atoms with E-state index in [2.05, 4.69) is 10.3 Å². The Morgan fingerprint density at radius 3 is 2.58 bits per heavy atom. The summed E-state index contributed by atoms with van der Waals surface area (Å²) < 4.78 is 15.5. The number of carbonyl (C=O) groups excluding carboxylic acids is 2. The van der Waals surface area contributed by atoms with Gasteiger partial charge in [-0.1, -0.05) is 0 Å². The van der Waals surface area contributed by atoms with Gasteiger partial charge in [-0.25, -0.2) is 14.6 Å². The standard InChI is InChI=1S/C16H25N3O5/c1-7-22-12(20)8-11(17)13-10(3)23-14(19-13)9(2)18-15(21)24-16(4,5)6/h8-9H,7,17H2,1-6H3,(H,18,21)/b11-8+/t9-/m0/s1. The summed E-state index contributed by atoms with van der Waals surface area (Å²) in [6.07, 6.45) is 0.562. The van der Waals surface area contributed by atoms with Gasteiger partial charge in [0.1, 0.15) is 23.1 Å². The first-order chi connectivity index (χ1) is 11.0. The fourth-order valence-electron chi connectivity index (χ4n) is 1.80. The van der Waals surface area contributed by atoms with Crippen molar-refractivity contribution in [1.82, 2.24) is 10.3 Å². The lowest BCUT2D eigenvalue weighted by molar-refractivity contribution is -0.137. The number of aryl methyl sites for hydroxylation is 1. The molecule has 24 heavy (non-hydrogen) atoms. The zero-order valence-corrected chi connectivity index (χ0v) is 14.9. The Balaban J connectivity index is 2.85. The number of rotatable bonds is 5. The van der Waals surface area contributed by atoms with Gasteiger partial charge in [0.15, 0.2) is 0 Å². The highest BCUT2D eigenvalue weighted by atomic mass is 16.6. The molecule has 0 radical (unpaired) electrons. The van der Waals surface area contributed by atoms with Gasteiger partial charge < -0.3 is 24.9 Å². The number of carbonyl (C=O) groups is 2. The molecule has 0 unspecified atom stereocenters. The van der Waals surface area contributed by atoms with Crippen LogP contribution in [0.15, 0.2) is 10.5 Å². The highest BCUT2D eigenvalue weighted by molar-refractivity contribution is 5.90. The van der Waals surface area contributed by atoms with Crippen molar-refractivity contribution in [3.8, 4) is 0 Å². The summed E-state index contributed by atoms with van der Waals surface area (Å²) in [5.41, 5.74) is 5.71. The topological polar surface area (TPSA) is 117 Å². The molecule has 0 aromatic carbocycles. The van der Waals surface area contributed by atoms with Gasteiger partial charge in [0.25, 0.3) is 0 Å². The van der Waals surface area contributed by atoms with Crippen LogP contribution in [0.1, 0.15) is 58.0 Å². The molecule has 1 atom stereocenters. The Bertz CT molecular complexity index is 628. The zero-order chi connectivity index (χ0) is 18.5.